The van der Waals surface area contributed by atoms with Crippen LogP contribution in [0.3, 0.4) is 0 Å². The average Bonchev–Trinajstić information content (AvgIpc) is 3.12. The Morgan fingerprint density at radius 3 is 2.40 bits per heavy atom. The van der Waals surface area contributed by atoms with Crippen molar-refractivity contribution in [2.75, 3.05) is 6.54 Å². The van der Waals surface area contributed by atoms with E-state index in [2.05, 4.69) is 0 Å². The van der Waals surface area contributed by atoms with Crippen molar-refractivity contribution in [1.29, 1.82) is 0 Å². The number of carboxylic acid groups (broad SMARTS) is 1. The molecule has 1 fully saturated rings. The molecular weight excluding hydrogens is 325 g/mol. The van der Waals surface area contributed by atoms with E-state index >= 15 is 0 Å². The van der Waals surface area contributed by atoms with Crippen molar-refractivity contribution in [2.45, 2.75) is 30.7 Å². The van der Waals surface area contributed by atoms with Gasteiger partial charge in [-0.15, -0.1) is 0 Å². The van der Waals surface area contributed by atoms with E-state index in [4.69, 9.17) is 28.3 Å². The van der Waals surface area contributed by atoms with E-state index < -0.39 is 16.0 Å². The Bertz CT molecular complexity index is 656. The molecule has 0 amide bonds. The molecule has 1 saturated carbocycles. The Kier molecular flexibility index (Phi) is 4.30. The highest BCUT2D eigenvalue weighted by Gasteiger charge is 2.38. The molecule has 0 atom stereocenters. The molecule has 2 rings (SSSR count). The SMILES string of the molecule is CCN(C1CC1)S(=O)(=O)c1cc(C(=O)O)c(Cl)cc1Cl. The topological polar surface area (TPSA) is 74.7 Å². The third-order valence-corrected chi connectivity index (χ3v) is 5.91. The van der Waals surface area contributed by atoms with Gasteiger partial charge in [0.2, 0.25) is 10.0 Å². The van der Waals surface area contributed by atoms with Crippen LogP contribution in [-0.4, -0.2) is 36.4 Å². The summed E-state index contributed by atoms with van der Waals surface area (Å²) in [6.45, 7) is 2.05. The van der Waals surface area contributed by atoms with Crippen LogP contribution < -0.4 is 0 Å². The summed E-state index contributed by atoms with van der Waals surface area (Å²) in [4.78, 5) is 10.8. The van der Waals surface area contributed by atoms with Crippen LogP contribution in [0.1, 0.15) is 30.1 Å². The third-order valence-electron chi connectivity index (χ3n) is 3.10. The van der Waals surface area contributed by atoms with Crippen molar-refractivity contribution in [3.63, 3.8) is 0 Å². The highest BCUT2D eigenvalue weighted by molar-refractivity contribution is 7.89. The fraction of sp³-hybridized carbons (Fsp3) is 0.417. The summed E-state index contributed by atoms with van der Waals surface area (Å²) in [7, 11) is -3.81. The van der Waals surface area contributed by atoms with Crippen LogP contribution in [0, 0.1) is 0 Å². The van der Waals surface area contributed by atoms with Gasteiger partial charge < -0.3 is 5.11 Å². The summed E-state index contributed by atoms with van der Waals surface area (Å²) in [6, 6.07) is 2.15. The highest BCUT2D eigenvalue weighted by Crippen LogP contribution is 2.35. The van der Waals surface area contributed by atoms with E-state index in [-0.39, 0.29) is 26.5 Å². The lowest BCUT2D eigenvalue weighted by atomic mass is 10.2. The number of benzene rings is 1. The lowest BCUT2D eigenvalue weighted by molar-refractivity contribution is 0.0697. The highest BCUT2D eigenvalue weighted by atomic mass is 35.5. The summed E-state index contributed by atoms with van der Waals surface area (Å²) < 4.78 is 26.5. The molecule has 1 N–H and O–H groups in total. The molecule has 0 aliphatic heterocycles. The minimum Gasteiger partial charge on any atom is -0.478 e. The maximum Gasteiger partial charge on any atom is 0.337 e. The smallest absolute Gasteiger partial charge is 0.337 e. The van der Waals surface area contributed by atoms with Crippen molar-refractivity contribution >= 4 is 39.2 Å². The number of aromatic carboxylic acids is 1. The summed E-state index contributed by atoms with van der Waals surface area (Å²) in [5.74, 6) is -1.29. The molecule has 1 aromatic carbocycles. The van der Waals surface area contributed by atoms with Crippen LogP contribution in [0.25, 0.3) is 0 Å². The van der Waals surface area contributed by atoms with Gasteiger partial charge >= 0.3 is 5.97 Å². The second-order valence-corrected chi connectivity index (χ2v) is 7.18. The first-order chi connectivity index (χ1) is 9.28. The van der Waals surface area contributed by atoms with Crippen LogP contribution in [0.4, 0.5) is 0 Å². The molecule has 1 aliphatic carbocycles. The minimum absolute atomic E-state index is 0.0231. The van der Waals surface area contributed by atoms with Gasteiger partial charge in [-0.1, -0.05) is 30.1 Å². The van der Waals surface area contributed by atoms with Crippen LogP contribution >= 0.6 is 23.2 Å². The zero-order chi connectivity index (χ0) is 15.1. The Morgan fingerprint density at radius 1 is 1.35 bits per heavy atom. The molecule has 0 radical (unpaired) electrons. The molecule has 0 unspecified atom stereocenters. The van der Waals surface area contributed by atoms with E-state index in [1.165, 1.54) is 4.31 Å². The average molecular weight is 338 g/mol. The lowest BCUT2D eigenvalue weighted by Crippen LogP contribution is -2.33. The number of hydrogen-bond acceptors (Lipinski definition) is 3. The van der Waals surface area contributed by atoms with Crippen LogP contribution in [0.5, 0.6) is 0 Å². The summed E-state index contributed by atoms with van der Waals surface area (Å²) in [5, 5.41) is 8.87. The summed E-state index contributed by atoms with van der Waals surface area (Å²) in [5.41, 5.74) is -0.276. The second-order valence-electron chi connectivity index (χ2n) is 4.51. The minimum atomic E-state index is -3.81. The van der Waals surface area contributed by atoms with Crippen molar-refractivity contribution in [2.24, 2.45) is 0 Å². The predicted octanol–water partition coefficient (Wildman–Crippen LogP) is 2.86. The number of carboxylic acids is 1. The summed E-state index contributed by atoms with van der Waals surface area (Å²) in [6.07, 6.45) is 1.62. The Balaban J connectivity index is 2.56. The normalized spacial score (nSPS) is 15.6. The molecule has 0 aromatic heterocycles. The maximum atomic E-state index is 12.6. The van der Waals surface area contributed by atoms with Gasteiger partial charge in [0.05, 0.1) is 15.6 Å². The van der Waals surface area contributed by atoms with Crippen LogP contribution in [0.15, 0.2) is 17.0 Å². The van der Waals surface area contributed by atoms with Gasteiger partial charge in [0.15, 0.2) is 0 Å². The van der Waals surface area contributed by atoms with E-state index in [0.717, 1.165) is 25.0 Å². The molecule has 0 bridgehead atoms. The van der Waals surface area contributed by atoms with E-state index in [1.54, 1.807) is 6.92 Å². The molecule has 0 heterocycles. The molecule has 8 heteroatoms. The molecule has 5 nitrogen and oxygen atoms in total. The number of rotatable bonds is 5. The van der Waals surface area contributed by atoms with Gasteiger partial charge in [-0.25, -0.2) is 13.2 Å². The molecule has 1 aromatic rings. The quantitative estimate of drug-likeness (QED) is 0.896. The number of hydrogen-bond donors (Lipinski definition) is 1. The van der Waals surface area contributed by atoms with Gasteiger partial charge in [0.1, 0.15) is 4.90 Å². The zero-order valence-electron chi connectivity index (χ0n) is 10.6. The molecule has 110 valence electrons. The molecule has 0 saturated heterocycles. The standard InChI is InChI=1S/C12H13Cl2NO4S/c1-2-15(7-3-4-7)20(18,19)11-5-8(12(16)17)9(13)6-10(11)14/h5-7H,2-4H2,1H3,(H,16,17). The molecule has 1 aliphatic rings. The van der Waals surface area contributed by atoms with E-state index in [9.17, 15) is 13.2 Å². The van der Waals surface area contributed by atoms with Gasteiger partial charge in [0.25, 0.3) is 0 Å². The van der Waals surface area contributed by atoms with E-state index in [0.29, 0.717) is 6.54 Å². The maximum absolute atomic E-state index is 12.6. The Morgan fingerprint density at radius 2 is 1.95 bits per heavy atom. The van der Waals surface area contributed by atoms with Crippen molar-refractivity contribution in [1.82, 2.24) is 4.31 Å². The zero-order valence-corrected chi connectivity index (χ0v) is 13.0. The van der Waals surface area contributed by atoms with E-state index in [1.807, 2.05) is 0 Å². The fourth-order valence-corrected chi connectivity index (χ4v) is 4.53. The van der Waals surface area contributed by atoms with Gasteiger partial charge in [-0.3, -0.25) is 0 Å². The molecule has 0 spiro atoms. The van der Waals surface area contributed by atoms with Gasteiger partial charge in [0, 0.05) is 12.6 Å². The van der Waals surface area contributed by atoms with Crippen molar-refractivity contribution < 1.29 is 18.3 Å². The summed E-state index contributed by atoms with van der Waals surface area (Å²) >= 11 is 11.7. The number of sulfonamides is 1. The number of halogens is 2. The first kappa shape index (κ1) is 15.6. The van der Waals surface area contributed by atoms with Crippen molar-refractivity contribution in [3.05, 3.63) is 27.7 Å². The lowest BCUT2D eigenvalue weighted by Gasteiger charge is -2.21. The Hall–Kier alpha value is -0.820. The largest absolute Gasteiger partial charge is 0.478 e. The first-order valence-electron chi connectivity index (χ1n) is 6.03. The number of carbonyl (C=O) groups is 1. The fourth-order valence-electron chi connectivity index (χ4n) is 2.00. The second kappa shape index (κ2) is 5.52. The predicted molar refractivity (Wildman–Crippen MR) is 76.0 cm³/mol. The third kappa shape index (κ3) is 2.79. The first-order valence-corrected chi connectivity index (χ1v) is 8.22. The molecular formula is C12H13Cl2NO4S. The molecule has 20 heavy (non-hydrogen) atoms. The monoisotopic (exact) mass is 337 g/mol. The number of nitrogens with zero attached hydrogens (tertiary/aromatic N) is 1. The van der Waals surface area contributed by atoms with Crippen molar-refractivity contribution in [3.8, 4) is 0 Å². The van der Waals surface area contributed by atoms with Gasteiger partial charge in [-0.2, -0.15) is 4.31 Å². The Labute approximate surface area is 127 Å². The van der Waals surface area contributed by atoms with Gasteiger partial charge in [-0.05, 0) is 25.0 Å². The van der Waals surface area contributed by atoms with Crippen LogP contribution in [-0.2, 0) is 10.0 Å². The van der Waals surface area contributed by atoms with Crippen LogP contribution in [0.2, 0.25) is 10.0 Å².